The zero-order chi connectivity index (χ0) is 23.1. The minimum Gasteiger partial charge on any atom is -0.390 e. The smallest absolute Gasteiger partial charge is 0.249 e. The van der Waals surface area contributed by atoms with Crippen LogP contribution in [-0.2, 0) is 20.8 Å². The topological polar surface area (TPSA) is 158 Å². The third-order valence-electron chi connectivity index (χ3n) is 6.80. The summed E-state index contributed by atoms with van der Waals surface area (Å²) in [6.45, 7) is 2.14. The molecule has 7 N–H and O–H groups in total. The average Bonchev–Trinajstić information content (AvgIpc) is 2.75. The number of fused-ring (bicyclic) bond motifs is 2. The lowest BCUT2D eigenvalue weighted by Crippen LogP contribution is -2.81. The number of aromatic nitrogens is 1. The highest BCUT2D eigenvalue weighted by atomic mass is 16.8. The van der Waals surface area contributed by atoms with Gasteiger partial charge < -0.3 is 50.6 Å². The first-order valence-electron chi connectivity index (χ1n) is 11.0. The third-order valence-corrected chi connectivity index (χ3v) is 6.80. The van der Waals surface area contributed by atoms with Crippen molar-refractivity contribution >= 4 is 0 Å². The molecule has 0 spiro atoms. The standard InChI is InChI=1S/C21H34N4O7/c1-11-8-20(28,10-24-9-12-6-4-5-7-25-12)21(29)19(30-11)31-18-16(27)13(22-2)15(26)14(23-3)17(18)32-21/h4-7,11,13-19,22-24,26-29H,8-10H2,1-3H3. The van der Waals surface area contributed by atoms with E-state index in [-0.39, 0.29) is 13.0 Å². The van der Waals surface area contributed by atoms with E-state index in [0.717, 1.165) is 5.69 Å². The number of aliphatic hydroxyl groups is 4. The first-order valence-corrected chi connectivity index (χ1v) is 11.0. The molecular weight excluding hydrogens is 420 g/mol. The van der Waals surface area contributed by atoms with Gasteiger partial charge in [0.25, 0.3) is 0 Å². The van der Waals surface area contributed by atoms with Crippen LogP contribution in [-0.4, -0.2) is 106 Å². The molecule has 1 saturated carbocycles. The molecule has 10 unspecified atom stereocenters. The van der Waals surface area contributed by atoms with E-state index in [4.69, 9.17) is 14.2 Å². The minimum absolute atomic E-state index is 0.0144. The molecule has 4 rings (SSSR count). The molecule has 0 bridgehead atoms. The highest BCUT2D eigenvalue weighted by Gasteiger charge is 2.68. The van der Waals surface area contributed by atoms with Crippen LogP contribution in [0.1, 0.15) is 19.0 Å². The van der Waals surface area contributed by atoms with Crippen LogP contribution in [0.5, 0.6) is 0 Å². The van der Waals surface area contributed by atoms with E-state index in [2.05, 4.69) is 20.9 Å². The molecule has 11 nitrogen and oxygen atoms in total. The van der Waals surface area contributed by atoms with E-state index in [1.54, 1.807) is 27.2 Å². The largest absolute Gasteiger partial charge is 0.390 e. The van der Waals surface area contributed by atoms with Crippen molar-refractivity contribution in [1.29, 1.82) is 0 Å². The number of rotatable bonds is 6. The Bertz CT molecular complexity index is 776. The minimum atomic E-state index is -2.22. The van der Waals surface area contributed by atoms with Gasteiger partial charge in [-0.05, 0) is 33.2 Å². The summed E-state index contributed by atoms with van der Waals surface area (Å²) >= 11 is 0. The highest BCUT2D eigenvalue weighted by Crippen LogP contribution is 2.46. The lowest BCUT2D eigenvalue weighted by atomic mass is 9.77. The van der Waals surface area contributed by atoms with Crippen LogP contribution in [0.4, 0.5) is 0 Å². The van der Waals surface area contributed by atoms with E-state index in [9.17, 15) is 20.4 Å². The lowest BCUT2D eigenvalue weighted by Gasteiger charge is -2.60. The molecule has 1 aromatic rings. The number of nitrogens with zero attached hydrogens (tertiary/aromatic N) is 1. The Hall–Kier alpha value is -1.25. The summed E-state index contributed by atoms with van der Waals surface area (Å²) in [5, 5.41) is 53.7. The SMILES string of the molecule is CNC1C(O)C(NC)C2OC3(O)C(OC(C)CC3(O)CNCc3ccccn3)OC2C1O. The molecule has 180 valence electrons. The summed E-state index contributed by atoms with van der Waals surface area (Å²) in [5.74, 6) is -2.22. The number of nitrogens with one attached hydrogen (secondary N) is 3. The second-order valence-corrected chi connectivity index (χ2v) is 8.93. The van der Waals surface area contributed by atoms with E-state index in [0.29, 0.717) is 6.54 Å². The summed E-state index contributed by atoms with van der Waals surface area (Å²) in [6, 6.07) is 4.19. The Morgan fingerprint density at radius 3 is 2.47 bits per heavy atom. The van der Waals surface area contributed by atoms with Gasteiger partial charge >= 0.3 is 0 Å². The predicted octanol–water partition coefficient (Wildman–Crippen LogP) is -2.58. The van der Waals surface area contributed by atoms with Crippen molar-refractivity contribution in [3.8, 4) is 0 Å². The van der Waals surface area contributed by atoms with Crippen molar-refractivity contribution < 1.29 is 34.6 Å². The molecule has 3 fully saturated rings. The predicted molar refractivity (Wildman–Crippen MR) is 112 cm³/mol. The van der Waals surface area contributed by atoms with Crippen LogP contribution in [0, 0.1) is 0 Å². The normalized spacial score (nSPS) is 46.3. The first kappa shape index (κ1) is 23.9. The van der Waals surface area contributed by atoms with Crippen LogP contribution in [0.3, 0.4) is 0 Å². The van der Waals surface area contributed by atoms with E-state index in [1.165, 1.54) is 0 Å². The lowest BCUT2D eigenvalue weighted by molar-refractivity contribution is -0.482. The molecule has 3 heterocycles. The van der Waals surface area contributed by atoms with E-state index >= 15 is 0 Å². The second-order valence-electron chi connectivity index (χ2n) is 8.93. The van der Waals surface area contributed by atoms with Gasteiger partial charge in [-0.3, -0.25) is 4.98 Å². The number of pyridine rings is 1. The number of hydrogen-bond acceptors (Lipinski definition) is 11. The maximum atomic E-state index is 11.6. The fourth-order valence-electron chi connectivity index (χ4n) is 5.13. The van der Waals surface area contributed by atoms with Crippen molar-refractivity contribution in [2.24, 2.45) is 0 Å². The van der Waals surface area contributed by atoms with Gasteiger partial charge in [-0.15, -0.1) is 0 Å². The van der Waals surface area contributed by atoms with Crippen LogP contribution >= 0.6 is 0 Å². The molecule has 2 aliphatic heterocycles. The van der Waals surface area contributed by atoms with Crippen LogP contribution in [0.15, 0.2) is 24.4 Å². The number of likely N-dealkylation sites (N-methyl/N-ethyl adjacent to an activating group) is 2. The van der Waals surface area contributed by atoms with Crippen molar-refractivity contribution in [2.45, 2.75) is 80.2 Å². The van der Waals surface area contributed by atoms with Crippen LogP contribution in [0.25, 0.3) is 0 Å². The van der Waals surface area contributed by atoms with Gasteiger partial charge in [-0.25, -0.2) is 0 Å². The Kier molecular flexibility index (Phi) is 6.86. The van der Waals surface area contributed by atoms with Gasteiger partial charge in [0.15, 0.2) is 0 Å². The summed E-state index contributed by atoms with van der Waals surface area (Å²) in [5.41, 5.74) is -0.976. The van der Waals surface area contributed by atoms with E-state index in [1.807, 2.05) is 18.2 Å². The molecule has 0 aromatic carbocycles. The Balaban J connectivity index is 1.57. The average molecular weight is 455 g/mol. The number of ether oxygens (including phenoxy) is 3. The number of hydrogen-bond donors (Lipinski definition) is 7. The summed E-state index contributed by atoms with van der Waals surface area (Å²) in [7, 11) is 3.28. The molecule has 1 aliphatic carbocycles. The molecule has 0 radical (unpaired) electrons. The Morgan fingerprint density at radius 2 is 1.81 bits per heavy atom. The summed E-state index contributed by atoms with van der Waals surface area (Å²) in [6.07, 6.45) is -3.97. The third kappa shape index (κ3) is 3.96. The second kappa shape index (κ2) is 9.18. The molecule has 3 aliphatic rings. The molecular formula is C21H34N4O7. The zero-order valence-corrected chi connectivity index (χ0v) is 18.5. The summed E-state index contributed by atoms with van der Waals surface area (Å²) in [4.78, 5) is 4.25. The molecule has 10 atom stereocenters. The first-order chi connectivity index (χ1) is 15.2. The van der Waals surface area contributed by atoms with E-state index < -0.39 is 60.3 Å². The molecule has 2 saturated heterocycles. The molecule has 0 amide bonds. The number of aliphatic hydroxyl groups excluding tert-OH is 2. The van der Waals surface area contributed by atoms with Crippen molar-refractivity contribution in [3.05, 3.63) is 30.1 Å². The van der Waals surface area contributed by atoms with Gasteiger partial charge in [-0.2, -0.15) is 0 Å². The van der Waals surface area contributed by atoms with Gasteiger partial charge in [0.1, 0.15) is 23.9 Å². The van der Waals surface area contributed by atoms with Crippen molar-refractivity contribution in [2.75, 3.05) is 20.6 Å². The van der Waals surface area contributed by atoms with Gasteiger partial charge in [0, 0.05) is 25.7 Å². The quantitative estimate of drug-likeness (QED) is 0.242. The van der Waals surface area contributed by atoms with Gasteiger partial charge in [-0.1, -0.05) is 6.07 Å². The monoisotopic (exact) mass is 454 g/mol. The van der Waals surface area contributed by atoms with Crippen LogP contribution in [0.2, 0.25) is 0 Å². The maximum absolute atomic E-state index is 11.6. The summed E-state index contributed by atoms with van der Waals surface area (Å²) < 4.78 is 17.9. The van der Waals surface area contributed by atoms with Crippen molar-refractivity contribution in [1.82, 2.24) is 20.9 Å². The zero-order valence-electron chi connectivity index (χ0n) is 18.5. The fourth-order valence-corrected chi connectivity index (χ4v) is 5.13. The molecule has 11 heteroatoms. The molecule has 1 aromatic heterocycles. The van der Waals surface area contributed by atoms with Crippen molar-refractivity contribution in [3.63, 3.8) is 0 Å². The molecule has 32 heavy (non-hydrogen) atoms. The maximum Gasteiger partial charge on any atom is 0.249 e. The fraction of sp³-hybridized carbons (Fsp3) is 0.762. The van der Waals surface area contributed by atoms with Gasteiger partial charge in [0.05, 0.1) is 30.0 Å². The Labute approximate surface area is 187 Å². The Morgan fingerprint density at radius 1 is 1.06 bits per heavy atom. The highest BCUT2D eigenvalue weighted by molar-refractivity contribution is 5.12. The van der Waals surface area contributed by atoms with Crippen LogP contribution < -0.4 is 16.0 Å². The van der Waals surface area contributed by atoms with Gasteiger partial charge in [0.2, 0.25) is 12.1 Å².